The fraction of sp³-hybridized carbons (Fsp3) is 0.462. The zero-order valence-corrected chi connectivity index (χ0v) is 13.4. The maximum atomic E-state index is 12.0. The number of carbonyl (C=O) groups excluding carboxylic acids is 1. The van der Waals surface area contributed by atoms with E-state index in [1.54, 1.807) is 12.1 Å². The minimum atomic E-state index is -3.42. The Morgan fingerprint density at radius 3 is 2.11 bits per heavy atom. The lowest BCUT2D eigenvalue weighted by Crippen LogP contribution is -2.35. The monoisotopic (exact) mass is 346 g/mol. The molecule has 0 spiro atoms. The normalized spacial score (nSPS) is 17.1. The number of hydrogen-bond donors (Lipinski definition) is 0. The number of ether oxygens (including phenoxy) is 1. The highest BCUT2D eigenvalue weighted by Gasteiger charge is 2.60. The van der Waals surface area contributed by atoms with Crippen molar-refractivity contribution >= 4 is 31.7 Å². The van der Waals surface area contributed by atoms with Gasteiger partial charge >= 0.3 is 5.97 Å². The standard InChI is InChI=1S/C13H15BrO4S/c1-8-6-10(7-9(2)11(8)14)18-12(15)13(4-5-13)19(3,16)17/h6-7H,4-5H2,1-3H3. The molecule has 1 aliphatic rings. The molecule has 6 heteroatoms. The predicted molar refractivity (Wildman–Crippen MR) is 76.1 cm³/mol. The quantitative estimate of drug-likeness (QED) is 0.623. The number of benzene rings is 1. The highest BCUT2D eigenvalue weighted by molar-refractivity contribution is 9.10. The number of hydrogen-bond acceptors (Lipinski definition) is 4. The first-order chi connectivity index (χ1) is 8.67. The molecule has 0 aliphatic heterocycles. The summed E-state index contributed by atoms with van der Waals surface area (Å²) < 4.78 is 28.1. The molecule has 0 saturated heterocycles. The van der Waals surface area contributed by atoms with Gasteiger partial charge in [0.1, 0.15) is 5.75 Å². The summed E-state index contributed by atoms with van der Waals surface area (Å²) in [5.41, 5.74) is 1.87. The van der Waals surface area contributed by atoms with Crippen molar-refractivity contribution in [2.75, 3.05) is 6.26 Å². The Morgan fingerprint density at radius 1 is 1.26 bits per heavy atom. The van der Waals surface area contributed by atoms with Gasteiger partial charge in [0.2, 0.25) is 0 Å². The summed E-state index contributed by atoms with van der Waals surface area (Å²) in [6.07, 6.45) is 1.78. The molecule has 1 aromatic carbocycles. The molecular formula is C13H15BrO4S. The molecule has 1 saturated carbocycles. The van der Waals surface area contributed by atoms with E-state index in [1.165, 1.54) is 0 Å². The van der Waals surface area contributed by atoms with Crippen LogP contribution in [0.3, 0.4) is 0 Å². The summed E-state index contributed by atoms with van der Waals surface area (Å²) in [5, 5.41) is 0. The summed E-state index contributed by atoms with van der Waals surface area (Å²) >= 11 is 3.43. The summed E-state index contributed by atoms with van der Waals surface area (Å²) in [6, 6.07) is 3.43. The number of sulfone groups is 1. The van der Waals surface area contributed by atoms with Crippen molar-refractivity contribution in [3.05, 3.63) is 27.7 Å². The Morgan fingerprint density at radius 2 is 1.74 bits per heavy atom. The van der Waals surface area contributed by atoms with Crippen molar-refractivity contribution in [1.82, 2.24) is 0 Å². The van der Waals surface area contributed by atoms with Gasteiger partial charge in [0.05, 0.1) is 0 Å². The number of esters is 1. The van der Waals surface area contributed by atoms with Crippen LogP contribution in [-0.4, -0.2) is 25.4 Å². The van der Waals surface area contributed by atoms with Gasteiger partial charge in [0.25, 0.3) is 0 Å². The molecule has 1 aromatic rings. The van der Waals surface area contributed by atoms with Crippen LogP contribution in [0, 0.1) is 13.8 Å². The minimum Gasteiger partial charge on any atom is -0.425 e. The summed E-state index contributed by atoms with van der Waals surface area (Å²) in [7, 11) is -3.42. The number of halogens is 1. The van der Waals surface area contributed by atoms with Gasteiger partial charge in [-0.1, -0.05) is 15.9 Å². The van der Waals surface area contributed by atoms with E-state index < -0.39 is 20.6 Å². The molecule has 0 radical (unpaired) electrons. The second kappa shape index (κ2) is 4.59. The second-order valence-electron chi connectivity index (χ2n) is 5.03. The lowest BCUT2D eigenvalue weighted by molar-refractivity contribution is -0.134. The summed E-state index contributed by atoms with van der Waals surface area (Å²) in [6.45, 7) is 3.77. The SMILES string of the molecule is Cc1cc(OC(=O)C2(S(C)(=O)=O)CC2)cc(C)c1Br. The maximum absolute atomic E-state index is 12.0. The van der Waals surface area contributed by atoms with Gasteiger partial charge in [0.15, 0.2) is 14.6 Å². The molecular weight excluding hydrogens is 332 g/mol. The highest BCUT2D eigenvalue weighted by Crippen LogP contribution is 2.44. The molecule has 0 N–H and O–H groups in total. The fourth-order valence-corrected chi connectivity index (χ4v) is 3.42. The van der Waals surface area contributed by atoms with Gasteiger partial charge in [-0.25, -0.2) is 13.2 Å². The number of aryl methyl sites for hydroxylation is 2. The molecule has 4 nitrogen and oxygen atoms in total. The average Bonchev–Trinajstić information content (AvgIpc) is 3.05. The van der Waals surface area contributed by atoms with Crippen molar-refractivity contribution in [3.63, 3.8) is 0 Å². The molecule has 1 fully saturated rings. The van der Waals surface area contributed by atoms with E-state index in [-0.39, 0.29) is 0 Å². The average molecular weight is 347 g/mol. The van der Waals surface area contributed by atoms with E-state index >= 15 is 0 Å². The van der Waals surface area contributed by atoms with Gasteiger partial charge in [-0.3, -0.25) is 0 Å². The molecule has 0 amide bonds. The molecule has 0 bridgehead atoms. The van der Waals surface area contributed by atoms with Crippen LogP contribution >= 0.6 is 15.9 Å². The van der Waals surface area contributed by atoms with E-state index in [0.29, 0.717) is 18.6 Å². The van der Waals surface area contributed by atoms with E-state index in [9.17, 15) is 13.2 Å². The number of carbonyl (C=O) groups is 1. The smallest absolute Gasteiger partial charge is 0.332 e. The lowest BCUT2D eigenvalue weighted by atomic mass is 10.1. The first-order valence-corrected chi connectivity index (χ1v) is 8.54. The zero-order valence-electron chi connectivity index (χ0n) is 11.0. The van der Waals surface area contributed by atoms with Crippen molar-refractivity contribution in [2.24, 2.45) is 0 Å². The molecule has 0 unspecified atom stereocenters. The molecule has 2 rings (SSSR count). The largest absolute Gasteiger partial charge is 0.425 e. The van der Waals surface area contributed by atoms with Crippen LogP contribution in [0.1, 0.15) is 24.0 Å². The third-order valence-electron chi connectivity index (χ3n) is 3.41. The van der Waals surface area contributed by atoms with E-state index in [2.05, 4.69) is 15.9 Å². The molecule has 1 aliphatic carbocycles. The maximum Gasteiger partial charge on any atom is 0.332 e. The second-order valence-corrected chi connectivity index (χ2v) is 8.15. The lowest BCUT2D eigenvalue weighted by Gasteiger charge is -2.13. The first kappa shape index (κ1) is 14.5. The van der Waals surface area contributed by atoms with Gasteiger partial charge in [0, 0.05) is 10.7 Å². The van der Waals surface area contributed by atoms with Crippen LogP contribution in [0.25, 0.3) is 0 Å². The minimum absolute atomic E-state index is 0.346. The zero-order chi connectivity index (χ0) is 14.4. The predicted octanol–water partition coefficient (Wildman–Crippen LogP) is 2.55. The Labute approximate surface area is 121 Å². The molecule has 0 atom stereocenters. The van der Waals surface area contributed by atoms with Crippen LogP contribution < -0.4 is 4.74 Å². The third kappa shape index (κ3) is 2.56. The van der Waals surface area contributed by atoms with Gasteiger partial charge in [-0.05, 0) is 49.9 Å². The van der Waals surface area contributed by atoms with Gasteiger partial charge < -0.3 is 4.74 Å². The van der Waals surface area contributed by atoms with E-state index in [0.717, 1.165) is 21.9 Å². The molecule has 104 valence electrons. The first-order valence-electron chi connectivity index (χ1n) is 5.86. The van der Waals surface area contributed by atoms with Crippen LogP contribution in [0.15, 0.2) is 16.6 Å². The van der Waals surface area contributed by atoms with Crippen molar-refractivity contribution in [3.8, 4) is 5.75 Å². The molecule has 0 aromatic heterocycles. The Kier molecular flexibility index (Phi) is 3.51. The van der Waals surface area contributed by atoms with Crippen molar-refractivity contribution in [2.45, 2.75) is 31.4 Å². The molecule has 19 heavy (non-hydrogen) atoms. The summed E-state index contributed by atoms with van der Waals surface area (Å²) in [4.78, 5) is 12.0. The Balaban J connectivity index is 2.26. The van der Waals surface area contributed by atoms with Crippen LogP contribution in [0.2, 0.25) is 0 Å². The van der Waals surface area contributed by atoms with E-state index in [4.69, 9.17) is 4.74 Å². The van der Waals surface area contributed by atoms with Crippen LogP contribution in [0.4, 0.5) is 0 Å². The van der Waals surface area contributed by atoms with Gasteiger partial charge in [-0.15, -0.1) is 0 Å². The topological polar surface area (TPSA) is 60.4 Å². The van der Waals surface area contributed by atoms with Crippen molar-refractivity contribution < 1.29 is 17.9 Å². The van der Waals surface area contributed by atoms with Crippen LogP contribution in [-0.2, 0) is 14.6 Å². The van der Waals surface area contributed by atoms with Crippen LogP contribution in [0.5, 0.6) is 5.75 Å². The highest BCUT2D eigenvalue weighted by atomic mass is 79.9. The Bertz CT molecular complexity index is 622. The number of rotatable bonds is 3. The summed E-state index contributed by atoms with van der Waals surface area (Å²) in [5.74, 6) is -0.283. The van der Waals surface area contributed by atoms with E-state index in [1.807, 2.05) is 13.8 Å². The third-order valence-corrected chi connectivity index (χ3v) is 6.65. The fourth-order valence-electron chi connectivity index (χ4n) is 2.00. The molecule has 0 heterocycles. The van der Waals surface area contributed by atoms with Crippen molar-refractivity contribution in [1.29, 1.82) is 0 Å². The van der Waals surface area contributed by atoms with Gasteiger partial charge in [-0.2, -0.15) is 0 Å². The Hall–Kier alpha value is -0.880.